The van der Waals surface area contributed by atoms with Crippen LogP contribution in [0.3, 0.4) is 0 Å². The summed E-state index contributed by atoms with van der Waals surface area (Å²) in [6.07, 6.45) is 1.61. The average molecular weight is 403 g/mol. The van der Waals surface area contributed by atoms with Crippen LogP contribution in [0.2, 0.25) is 0 Å². The first-order valence-corrected chi connectivity index (χ1v) is 10.2. The standard InChI is InChI=1S/C19H21N3O5S/c20-19(24)16-12-15(28(25,26)22-10-4-5-11-22)8-9-17(16)27-13-18(23)21-14-6-2-1-3-7-14/h1-3,6-9,12H,4-5,10-11,13H2,(H2,20,24)(H,21,23). The number of anilines is 1. The van der Waals surface area contributed by atoms with Crippen molar-refractivity contribution in [2.45, 2.75) is 17.7 Å². The lowest BCUT2D eigenvalue weighted by Gasteiger charge is -2.17. The first kappa shape index (κ1) is 19.8. The highest BCUT2D eigenvalue weighted by atomic mass is 32.2. The van der Waals surface area contributed by atoms with Crippen LogP contribution in [-0.2, 0) is 14.8 Å². The molecule has 28 heavy (non-hydrogen) atoms. The Morgan fingerprint density at radius 2 is 1.75 bits per heavy atom. The average Bonchev–Trinajstić information content (AvgIpc) is 3.22. The highest BCUT2D eigenvalue weighted by Crippen LogP contribution is 2.26. The molecule has 1 saturated heterocycles. The van der Waals surface area contributed by atoms with Gasteiger partial charge >= 0.3 is 0 Å². The second kappa shape index (κ2) is 8.41. The second-order valence-corrected chi connectivity index (χ2v) is 8.27. The van der Waals surface area contributed by atoms with Gasteiger partial charge < -0.3 is 15.8 Å². The molecule has 1 fully saturated rings. The van der Waals surface area contributed by atoms with Crippen molar-refractivity contribution in [1.82, 2.24) is 4.31 Å². The van der Waals surface area contributed by atoms with Gasteiger partial charge in [-0.25, -0.2) is 8.42 Å². The van der Waals surface area contributed by atoms with Crippen molar-refractivity contribution in [3.8, 4) is 5.75 Å². The van der Waals surface area contributed by atoms with Gasteiger partial charge in [-0.05, 0) is 43.2 Å². The van der Waals surface area contributed by atoms with Gasteiger partial charge in [0, 0.05) is 18.8 Å². The molecule has 3 N–H and O–H groups in total. The fourth-order valence-corrected chi connectivity index (χ4v) is 4.47. The van der Waals surface area contributed by atoms with Crippen LogP contribution in [0.15, 0.2) is 53.4 Å². The van der Waals surface area contributed by atoms with Crippen LogP contribution in [0.5, 0.6) is 5.75 Å². The minimum absolute atomic E-state index is 0.0238. The molecule has 0 radical (unpaired) electrons. The molecular formula is C19H21N3O5S. The fourth-order valence-electron chi connectivity index (χ4n) is 2.93. The third-order valence-electron chi connectivity index (χ3n) is 4.34. The summed E-state index contributed by atoms with van der Waals surface area (Å²) in [5, 5.41) is 2.65. The molecule has 1 heterocycles. The smallest absolute Gasteiger partial charge is 0.262 e. The van der Waals surface area contributed by atoms with Gasteiger partial charge in [-0.15, -0.1) is 0 Å². The summed E-state index contributed by atoms with van der Waals surface area (Å²) in [6, 6.07) is 12.7. The van der Waals surface area contributed by atoms with E-state index in [0.29, 0.717) is 18.8 Å². The zero-order valence-corrected chi connectivity index (χ0v) is 15.9. The van der Waals surface area contributed by atoms with E-state index in [-0.39, 0.29) is 22.8 Å². The maximum Gasteiger partial charge on any atom is 0.262 e. The topological polar surface area (TPSA) is 119 Å². The summed E-state index contributed by atoms with van der Waals surface area (Å²) in [5.74, 6) is -1.21. The van der Waals surface area contributed by atoms with Crippen LogP contribution in [0, 0.1) is 0 Å². The number of ether oxygens (including phenoxy) is 1. The molecule has 8 nitrogen and oxygen atoms in total. The van der Waals surface area contributed by atoms with Gasteiger partial charge in [-0.2, -0.15) is 4.31 Å². The Labute approximate surface area is 163 Å². The van der Waals surface area contributed by atoms with Gasteiger partial charge in [0.25, 0.3) is 11.8 Å². The quantitative estimate of drug-likeness (QED) is 0.728. The summed E-state index contributed by atoms with van der Waals surface area (Å²) in [7, 11) is -3.69. The molecule has 1 aliphatic rings. The number of amides is 2. The van der Waals surface area contributed by atoms with E-state index >= 15 is 0 Å². The molecule has 2 aromatic carbocycles. The van der Waals surface area contributed by atoms with Crippen LogP contribution in [0.1, 0.15) is 23.2 Å². The van der Waals surface area contributed by atoms with Crippen molar-refractivity contribution in [2.75, 3.05) is 25.0 Å². The summed E-state index contributed by atoms with van der Waals surface area (Å²) in [5.41, 5.74) is 5.90. The van der Waals surface area contributed by atoms with Gasteiger partial charge in [-0.1, -0.05) is 18.2 Å². The minimum Gasteiger partial charge on any atom is -0.483 e. The number of benzene rings is 2. The van der Waals surface area contributed by atoms with E-state index < -0.39 is 21.8 Å². The zero-order chi connectivity index (χ0) is 20.1. The fraction of sp³-hybridized carbons (Fsp3) is 0.263. The van der Waals surface area contributed by atoms with Gasteiger partial charge in [0.05, 0.1) is 10.5 Å². The highest BCUT2D eigenvalue weighted by Gasteiger charge is 2.28. The van der Waals surface area contributed by atoms with Gasteiger partial charge in [0.1, 0.15) is 5.75 Å². The molecule has 0 aromatic heterocycles. The molecule has 0 spiro atoms. The number of primary amides is 1. The molecule has 0 saturated carbocycles. The molecule has 1 aliphatic heterocycles. The SMILES string of the molecule is NC(=O)c1cc(S(=O)(=O)N2CCCC2)ccc1OCC(=O)Nc1ccccc1. The Morgan fingerprint density at radius 3 is 2.39 bits per heavy atom. The predicted octanol–water partition coefficient (Wildman–Crippen LogP) is 1.59. The Hall–Kier alpha value is -2.91. The first-order valence-electron chi connectivity index (χ1n) is 8.79. The molecule has 3 rings (SSSR count). The van der Waals surface area contributed by atoms with Crippen LogP contribution in [0.25, 0.3) is 0 Å². The molecule has 0 unspecified atom stereocenters. The number of para-hydroxylation sites is 1. The Balaban J connectivity index is 1.74. The lowest BCUT2D eigenvalue weighted by molar-refractivity contribution is -0.118. The van der Waals surface area contributed by atoms with E-state index in [9.17, 15) is 18.0 Å². The number of rotatable bonds is 7. The summed E-state index contributed by atoms with van der Waals surface area (Å²) >= 11 is 0. The van der Waals surface area contributed by atoms with Crippen molar-refractivity contribution in [2.24, 2.45) is 5.73 Å². The normalized spacial score (nSPS) is 14.6. The van der Waals surface area contributed by atoms with Gasteiger partial charge in [0.15, 0.2) is 6.61 Å². The Bertz CT molecular complexity index is 970. The molecule has 0 aliphatic carbocycles. The van der Waals surface area contributed by atoms with E-state index in [1.807, 2.05) is 6.07 Å². The van der Waals surface area contributed by atoms with E-state index in [2.05, 4.69) is 5.32 Å². The summed E-state index contributed by atoms with van der Waals surface area (Å²) in [4.78, 5) is 23.8. The Morgan fingerprint density at radius 1 is 1.07 bits per heavy atom. The summed E-state index contributed by atoms with van der Waals surface area (Å²) < 4.78 is 32.1. The van der Waals surface area contributed by atoms with E-state index in [1.165, 1.54) is 22.5 Å². The Kier molecular flexibility index (Phi) is 5.96. The lowest BCUT2D eigenvalue weighted by atomic mass is 10.2. The number of hydrogen-bond donors (Lipinski definition) is 2. The first-order chi connectivity index (χ1) is 13.4. The minimum atomic E-state index is -3.69. The molecular weight excluding hydrogens is 382 g/mol. The number of nitrogens with zero attached hydrogens (tertiary/aromatic N) is 1. The summed E-state index contributed by atoms with van der Waals surface area (Å²) in [6.45, 7) is 0.547. The number of nitrogens with two attached hydrogens (primary N) is 1. The molecule has 0 bridgehead atoms. The van der Waals surface area contributed by atoms with Gasteiger partial charge in [0.2, 0.25) is 10.0 Å². The maximum atomic E-state index is 12.7. The van der Waals surface area contributed by atoms with Crippen LogP contribution in [-0.4, -0.2) is 44.2 Å². The van der Waals surface area contributed by atoms with E-state index in [0.717, 1.165) is 12.8 Å². The van der Waals surface area contributed by atoms with Crippen LogP contribution < -0.4 is 15.8 Å². The molecule has 2 amide bonds. The maximum absolute atomic E-state index is 12.7. The molecule has 9 heteroatoms. The lowest BCUT2D eigenvalue weighted by Crippen LogP contribution is -2.28. The van der Waals surface area contributed by atoms with Crippen LogP contribution in [0.4, 0.5) is 5.69 Å². The van der Waals surface area contributed by atoms with Crippen molar-refractivity contribution >= 4 is 27.5 Å². The largest absolute Gasteiger partial charge is 0.483 e. The molecule has 148 valence electrons. The number of carbonyl (C=O) groups is 2. The van der Waals surface area contributed by atoms with Crippen LogP contribution >= 0.6 is 0 Å². The van der Waals surface area contributed by atoms with Crippen molar-refractivity contribution in [3.05, 3.63) is 54.1 Å². The van der Waals surface area contributed by atoms with Crippen molar-refractivity contribution in [1.29, 1.82) is 0 Å². The molecule has 2 aromatic rings. The third kappa shape index (κ3) is 4.49. The monoisotopic (exact) mass is 403 g/mol. The zero-order valence-electron chi connectivity index (χ0n) is 15.1. The second-order valence-electron chi connectivity index (χ2n) is 6.34. The number of sulfonamides is 1. The third-order valence-corrected chi connectivity index (χ3v) is 6.23. The number of nitrogens with one attached hydrogen (secondary N) is 1. The van der Waals surface area contributed by atoms with Crippen molar-refractivity contribution < 1.29 is 22.7 Å². The van der Waals surface area contributed by atoms with Crippen molar-refractivity contribution in [3.63, 3.8) is 0 Å². The van der Waals surface area contributed by atoms with Gasteiger partial charge in [-0.3, -0.25) is 9.59 Å². The van der Waals surface area contributed by atoms with E-state index in [4.69, 9.17) is 10.5 Å². The highest BCUT2D eigenvalue weighted by molar-refractivity contribution is 7.89. The number of carbonyl (C=O) groups excluding carboxylic acids is 2. The number of hydrogen-bond acceptors (Lipinski definition) is 5. The molecule has 0 atom stereocenters. The van der Waals surface area contributed by atoms with E-state index in [1.54, 1.807) is 24.3 Å². The predicted molar refractivity (Wildman–Crippen MR) is 104 cm³/mol.